The van der Waals surface area contributed by atoms with Crippen LogP contribution < -0.4 is 0 Å². The first kappa shape index (κ1) is 15.1. The molecule has 0 bridgehead atoms. The molecule has 1 atom stereocenters. The van der Waals surface area contributed by atoms with Crippen LogP contribution in [0.3, 0.4) is 0 Å². The van der Waals surface area contributed by atoms with Gasteiger partial charge in [0.1, 0.15) is 5.76 Å². The number of unbranched alkanes of at least 4 members (excludes halogenated alkanes) is 1. The van der Waals surface area contributed by atoms with Crippen LogP contribution in [-0.2, 0) is 13.6 Å². The van der Waals surface area contributed by atoms with Crippen LogP contribution in [0.5, 0.6) is 0 Å². The van der Waals surface area contributed by atoms with Gasteiger partial charge in [-0.15, -0.1) is 0 Å². The van der Waals surface area contributed by atoms with Crippen LogP contribution in [0.25, 0.3) is 5.57 Å². The average molecular weight is 292 g/mol. The van der Waals surface area contributed by atoms with Crippen molar-refractivity contribution in [2.24, 2.45) is 0 Å². The normalized spacial score (nSPS) is 21.9. The Morgan fingerprint density at radius 3 is 2.60 bits per heavy atom. The van der Waals surface area contributed by atoms with Crippen LogP contribution in [-0.4, -0.2) is 6.61 Å². The number of allylic oxidation sites excluding steroid dienone is 3. The van der Waals surface area contributed by atoms with E-state index in [-0.39, 0.29) is 0 Å². The van der Waals surface area contributed by atoms with Crippen molar-refractivity contribution in [1.29, 1.82) is 0 Å². The third-order valence-corrected chi connectivity index (χ3v) is 4.75. The predicted molar refractivity (Wildman–Crippen MR) is 82.3 cm³/mol. The van der Waals surface area contributed by atoms with Crippen molar-refractivity contribution < 1.29 is 13.6 Å². The predicted octanol–water partition coefficient (Wildman–Crippen LogP) is 5.36. The van der Waals surface area contributed by atoms with Crippen LogP contribution in [0.1, 0.15) is 38.7 Å². The van der Waals surface area contributed by atoms with Gasteiger partial charge >= 0.3 is 7.60 Å². The van der Waals surface area contributed by atoms with Gasteiger partial charge in [0.05, 0.1) is 6.61 Å². The van der Waals surface area contributed by atoms with Gasteiger partial charge in [0.2, 0.25) is 0 Å². The second-order valence-electron chi connectivity index (χ2n) is 4.71. The van der Waals surface area contributed by atoms with Gasteiger partial charge in [-0.05, 0) is 30.6 Å². The third-order valence-electron chi connectivity index (χ3n) is 3.05. The molecule has 0 aliphatic carbocycles. The molecule has 3 nitrogen and oxygen atoms in total. The molecule has 20 heavy (non-hydrogen) atoms. The highest BCUT2D eigenvalue weighted by Gasteiger charge is 2.28. The van der Waals surface area contributed by atoms with Gasteiger partial charge < -0.3 is 4.52 Å². The fraction of sp³-hybridized carbons (Fsp3) is 0.375. The van der Waals surface area contributed by atoms with E-state index in [1.807, 2.05) is 43.3 Å². The van der Waals surface area contributed by atoms with E-state index in [2.05, 4.69) is 6.92 Å². The Balaban J connectivity index is 2.32. The molecule has 0 radical (unpaired) electrons. The second kappa shape index (κ2) is 6.92. The minimum absolute atomic E-state index is 0.372. The molecule has 1 aliphatic rings. The van der Waals surface area contributed by atoms with Crippen molar-refractivity contribution in [3.05, 3.63) is 53.5 Å². The maximum Gasteiger partial charge on any atom is 0.403 e. The summed E-state index contributed by atoms with van der Waals surface area (Å²) in [6.45, 7) is 4.32. The molecule has 1 aliphatic heterocycles. The lowest BCUT2D eigenvalue weighted by Gasteiger charge is -2.23. The summed E-state index contributed by atoms with van der Waals surface area (Å²) in [5.41, 5.74) is 1.95. The van der Waals surface area contributed by atoms with E-state index in [9.17, 15) is 4.57 Å². The maximum absolute atomic E-state index is 12.6. The third kappa shape index (κ3) is 3.84. The summed E-state index contributed by atoms with van der Waals surface area (Å²) < 4.78 is 23.6. The standard InChI is InChI=1S/C16H21O3P/c1-3-5-11-16-12-15(14-9-7-6-8-10-14)13-20(17,19-16)18-4-2/h6-10,12-13H,3-5,11H2,1-2H3. The quantitative estimate of drug-likeness (QED) is 0.662. The molecule has 1 aromatic carbocycles. The zero-order chi connectivity index (χ0) is 14.4. The lowest BCUT2D eigenvalue weighted by Crippen LogP contribution is -2.01. The van der Waals surface area contributed by atoms with Crippen molar-refractivity contribution >= 4 is 13.2 Å². The molecule has 0 saturated carbocycles. The van der Waals surface area contributed by atoms with Gasteiger partial charge in [-0.2, -0.15) is 0 Å². The summed E-state index contributed by atoms with van der Waals surface area (Å²) in [5, 5.41) is 0. The van der Waals surface area contributed by atoms with Gasteiger partial charge in [0.25, 0.3) is 0 Å². The molecule has 0 saturated heterocycles. The topological polar surface area (TPSA) is 35.5 Å². The summed E-state index contributed by atoms with van der Waals surface area (Å²) in [6, 6.07) is 9.91. The average Bonchev–Trinajstić information content (AvgIpc) is 2.45. The van der Waals surface area contributed by atoms with Gasteiger partial charge in [0, 0.05) is 12.2 Å². The van der Waals surface area contributed by atoms with E-state index >= 15 is 0 Å². The molecule has 108 valence electrons. The first-order valence-electron chi connectivity index (χ1n) is 7.09. The molecule has 0 aromatic heterocycles. The van der Waals surface area contributed by atoms with E-state index < -0.39 is 7.60 Å². The van der Waals surface area contributed by atoms with Crippen molar-refractivity contribution in [2.75, 3.05) is 6.61 Å². The van der Waals surface area contributed by atoms with Crippen LogP contribution >= 0.6 is 7.60 Å². The van der Waals surface area contributed by atoms with E-state index in [4.69, 9.17) is 9.05 Å². The molecule has 0 spiro atoms. The first-order chi connectivity index (χ1) is 9.67. The minimum Gasteiger partial charge on any atom is -0.426 e. The minimum atomic E-state index is -3.16. The van der Waals surface area contributed by atoms with Crippen molar-refractivity contribution in [2.45, 2.75) is 33.1 Å². The largest absolute Gasteiger partial charge is 0.426 e. The van der Waals surface area contributed by atoms with Gasteiger partial charge in [-0.1, -0.05) is 43.7 Å². The molecular formula is C16H21O3P. The Hall–Kier alpha value is -1.31. The highest BCUT2D eigenvalue weighted by Crippen LogP contribution is 2.56. The zero-order valence-electron chi connectivity index (χ0n) is 12.0. The van der Waals surface area contributed by atoms with Crippen molar-refractivity contribution in [3.63, 3.8) is 0 Å². The highest BCUT2D eigenvalue weighted by atomic mass is 31.2. The number of rotatable bonds is 6. The van der Waals surface area contributed by atoms with Gasteiger partial charge in [-0.25, -0.2) is 4.57 Å². The fourth-order valence-corrected chi connectivity index (χ4v) is 3.67. The number of hydrogen-bond acceptors (Lipinski definition) is 3. The van der Waals surface area contributed by atoms with Crippen molar-refractivity contribution in [3.8, 4) is 0 Å². The number of benzene rings is 1. The molecule has 0 amide bonds. The molecule has 4 heteroatoms. The molecular weight excluding hydrogens is 271 g/mol. The summed E-state index contributed by atoms with van der Waals surface area (Å²) in [4.78, 5) is 0. The molecule has 0 N–H and O–H groups in total. The SMILES string of the molecule is CCCCC1=CC(c2ccccc2)=CP(=O)(OCC)O1. The Labute approximate surface area is 120 Å². The Morgan fingerprint density at radius 1 is 1.20 bits per heavy atom. The van der Waals surface area contributed by atoms with Gasteiger partial charge in [-0.3, -0.25) is 4.52 Å². The molecule has 1 heterocycles. The fourth-order valence-electron chi connectivity index (χ4n) is 2.10. The van der Waals surface area contributed by atoms with E-state index in [0.717, 1.165) is 36.2 Å². The van der Waals surface area contributed by atoms with Gasteiger partial charge in [0.15, 0.2) is 0 Å². The summed E-state index contributed by atoms with van der Waals surface area (Å²) in [6.07, 6.45) is 4.85. The monoisotopic (exact) mass is 292 g/mol. The molecule has 0 fully saturated rings. The highest BCUT2D eigenvalue weighted by molar-refractivity contribution is 7.57. The van der Waals surface area contributed by atoms with E-state index in [1.165, 1.54) is 0 Å². The first-order valence-corrected chi connectivity index (χ1v) is 8.71. The van der Waals surface area contributed by atoms with Crippen LogP contribution in [0.15, 0.2) is 48.0 Å². The second-order valence-corrected chi connectivity index (χ2v) is 6.49. The lowest BCUT2D eigenvalue weighted by molar-refractivity contribution is 0.252. The number of hydrogen-bond donors (Lipinski definition) is 0. The molecule has 2 rings (SSSR count). The Kier molecular flexibility index (Phi) is 5.22. The van der Waals surface area contributed by atoms with E-state index in [0.29, 0.717) is 6.61 Å². The molecule has 1 unspecified atom stereocenters. The summed E-state index contributed by atoms with van der Waals surface area (Å²) in [7, 11) is -3.16. The van der Waals surface area contributed by atoms with Crippen LogP contribution in [0, 0.1) is 0 Å². The Bertz CT molecular complexity index is 546. The molecule has 1 aromatic rings. The summed E-state index contributed by atoms with van der Waals surface area (Å²) in [5.74, 6) is 2.38. The van der Waals surface area contributed by atoms with Crippen molar-refractivity contribution in [1.82, 2.24) is 0 Å². The smallest absolute Gasteiger partial charge is 0.403 e. The van der Waals surface area contributed by atoms with Crippen LogP contribution in [0.2, 0.25) is 0 Å². The van der Waals surface area contributed by atoms with Crippen LogP contribution in [0.4, 0.5) is 0 Å². The zero-order valence-corrected chi connectivity index (χ0v) is 12.9. The summed E-state index contributed by atoms with van der Waals surface area (Å²) >= 11 is 0. The van der Waals surface area contributed by atoms with E-state index in [1.54, 1.807) is 5.82 Å². The lowest BCUT2D eigenvalue weighted by atomic mass is 10.1. The Morgan fingerprint density at radius 2 is 1.95 bits per heavy atom. The maximum atomic E-state index is 12.6.